The van der Waals surface area contributed by atoms with E-state index in [0.717, 1.165) is 5.06 Å². The van der Waals surface area contributed by atoms with Crippen molar-refractivity contribution < 1.29 is 28.3 Å². The van der Waals surface area contributed by atoms with Gasteiger partial charge in [0.1, 0.15) is 0 Å². The van der Waals surface area contributed by atoms with Crippen molar-refractivity contribution in [3.63, 3.8) is 0 Å². The monoisotopic (exact) mass is 251 g/mol. The van der Waals surface area contributed by atoms with E-state index in [1.807, 2.05) is 0 Å². The molecule has 0 aromatic heterocycles. The second kappa shape index (κ2) is 4.56. The Morgan fingerprint density at radius 1 is 1.18 bits per heavy atom. The van der Waals surface area contributed by atoms with Crippen LogP contribution < -0.4 is 0 Å². The van der Waals surface area contributed by atoms with E-state index in [2.05, 4.69) is 4.84 Å². The van der Waals surface area contributed by atoms with Gasteiger partial charge in [-0.2, -0.15) is 0 Å². The third kappa shape index (κ3) is 3.36. The number of carbonyl (C=O) groups is 2. The fourth-order valence-corrected chi connectivity index (χ4v) is 1.01. The molecule has 0 radical (unpaired) electrons. The zero-order valence-electron chi connectivity index (χ0n) is 9.70. The summed E-state index contributed by atoms with van der Waals surface area (Å²) < 4.78 is 24.9. The van der Waals surface area contributed by atoms with E-state index in [4.69, 9.17) is 5.11 Å². The number of carbonyl (C=O) groups excluding carboxylic acids is 1. The van der Waals surface area contributed by atoms with Crippen molar-refractivity contribution in [1.82, 2.24) is 5.06 Å². The molecule has 0 aromatic carbocycles. The quantitative estimate of drug-likeness (QED) is 0.762. The number of halogens is 2. The third-order valence-electron chi connectivity index (χ3n) is 2.70. The zero-order chi connectivity index (χ0) is 13.3. The first-order chi connectivity index (χ1) is 7.75. The maximum Gasteiger partial charge on any atom is 0.341 e. The summed E-state index contributed by atoms with van der Waals surface area (Å²) in [6.07, 6.45) is 1.06. The molecule has 0 aliphatic heterocycles. The smallest absolute Gasteiger partial charge is 0.341 e. The number of hydroxylamine groups is 2. The number of hydrogen-bond donors (Lipinski definition) is 1. The van der Waals surface area contributed by atoms with Crippen molar-refractivity contribution in [2.24, 2.45) is 0 Å². The highest BCUT2D eigenvalue weighted by atomic mass is 19.1. The fourth-order valence-electron chi connectivity index (χ4n) is 1.01. The van der Waals surface area contributed by atoms with E-state index >= 15 is 0 Å². The minimum atomic E-state index is -1.83. The molecular weight excluding hydrogens is 236 g/mol. The van der Waals surface area contributed by atoms with E-state index in [1.54, 1.807) is 0 Å². The first kappa shape index (κ1) is 13.8. The predicted octanol–water partition coefficient (Wildman–Crippen LogP) is 1.08. The van der Waals surface area contributed by atoms with Gasteiger partial charge in [-0.05, 0) is 25.7 Å². The second-order valence-electron chi connectivity index (χ2n) is 4.22. The van der Waals surface area contributed by atoms with Gasteiger partial charge in [0.2, 0.25) is 5.67 Å². The van der Waals surface area contributed by atoms with E-state index in [-0.39, 0.29) is 12.8 Å². The number of nitrogens with zero attached hydrogens (tertiary/aromatic N) is 1. The molecule has 0 heterocycles. The summed E-state index contributed by atoms with van der Waals surface area (Å²) in [6.45, 7) is 0. The summed E-state index contributed by atoms with van der Waals surface area (Å²) in [5, 5.41) is 8.86. The van der Waals surface area contributed by atoms with Crippen LogP contribution in [0.5, 0.6) is 0 Å². The van der Waals surface area contributed by atoms with Crippen molar-refractivity contribution in [3.05, 3.63) is 0 Å². The van der Waals surface area contributed by atoms with E-state index in [9.17, 15) is 18.4 Å². The molecule has 2 saturated carbocycles. The van der Waals surface area contributed by atoms with Crippen LogP contribution in [-0.4, -0.2) is 47.5 Å². The third-order valence-corrected chi connectivity index (χ3v) is 2.70. The average Bonchev–Trinajstić information content (AvgIpc) is 3.18. The first-order valence-electron chi connectivity index (χ1n) is 5.19. The van der Waals surface area contributed by atoms with Crippen LogP contribution in [0.1, 0.15) is 25.7 Å². The molecule has 1 N–H and O–H groups in total. The van der Waals surface area contributed by atoms with Gasteiger partial charge < -0.3 is 5.11 Å². The van der Waals surface area contributed by atoms with Crippen LogP contribution in [-0.2, 0) is 14.4 Å². The minimum absolute atomic E-state index is 0.197. The Morgan fingerprint density at radius 3 is 1.76 bits per heavy atom. The summed E-state index contributed by atoms with van der Waals surface area (Å²) in [5.41, 5.74) is -3.44. The maximum absolute atomic E-state index is 12.9. The summed E-state index contributed by atoms with van der Waals surface area (Å²) in [5.74, 6) is -1.89. The highest BCUT2D eigenvalue weighted by Gasteiger charge is 2.52. The predicted molar refractivity (Wildman–Crippen MR) is 53.6 cm³/mol. The molecule has 2 fully saturated rings. The molecule has 7 heteroatoms. The molecule has 5 nitrogen and oxygen atoms in total. The number of amides is 1. The molecule has 0 atom stereocenters. The lowest BCUT2D eigenvalue weighted by Crippen LogP contribution is -2.34. The Labute approximate surface area is 97.3 Å². The molecule has 0 unspecified atom stereocenters. The number of carboxylic acid groups (broad SMARTS) is 1. The van der Waals surface area contributed by atoms with Crippen LogP contribution >= 0.6 is 0 Å². The standard InChI is InChI=1S/C6H10FNO2.C4H5FO2/c1-8(10-2)5(9)6(7)3-4-6;5-4(1-2-4)3(6)7/h3-4H2,1-2H3;1-2H2,(H,6,7). The Bertz CT molecular complexity index is 326. The number of aliphatic carboxylic acids is 1. The SMILES string of the molecule is CON(C)C(=O)C1(F)CC1.O=C(O)C1(F)CC1. The van der Waals surface area contributed by atoms with Gasteiger partial charge in [-0.15, -0.1) is 0 Å². The molecule has 2 aliphatic carbocycles. The van der Waals surface area contributed by atoms with Crippen LogP contribution in [0.3, 0.4) is 0 Å². The van der Waals surface area contributed by atoms with Gasteiger partial charge in [0.15, 0.2) is 5.67 Å². The summed E-state index contributed by atoms with van der Waals surface area (Å²) in [4.78, 5) is 25.1. The van der Waals surface area contributed by atoms with Gasteiger partial charge in [-0.25, -0.2) is 18.6 Å². The Balaban J connectivity index is 0.000000181. The number of hydrogen-bond acceptors (Lipinski definition) is 3. The Morgan fingerprint density at radius 2 is 1.59 bits per heavy atom. The van der Waals surface area contributed by atoms with Gasteiger partial charge in [0.25, 0.3) is 5.91 Å². The van der Waals surface area contributed by atoms with Crippen LogP contribution in [0.25, 0.3) is 0 Å². The maximum atomic E-state index is 12.9. The van der Waals surface area contributed by atoms with Crippen molar-refractivity contribution in [2.45, 2.75) is 37.0 Å². The van der Waals surface area contributed by atoms with Crippen LogP contribution in [0.15, 0.2) is 0 Å². The van der Waals surface area contributed by atoms with E-state index < -0.39 is 23.2 Å². The molecule has 0 saturated heterocycles. The molecule has 98 valence electrons. The number of rotatable bonds is 3. The van der Waals surface area contributed by atoms with Crippen molar-refractivity contribution in [3.8, 4) is 0 Å². The summed E-state index contributed by atoms with van der Waals surface area (Å²) in [7, 11) is 2.74. The van der Waals surface area contributed by atoms with Gasteiger partial charge in [0.05, 0.1) is 7.11 Å². The van der Waals surface area contributed by atoms with Crippen LogP contribution in [0.4, 0.5) is 8.78 Å². The topological polar surface area (TPSA) is 66.8 Å². The van der Waals surface area contributed by atoms with Crippen molar-refractivity contribution in [1.29, 1.82) is 0 Å². The molecule has 17 heavy (non-hydrogen) atoms. The van der Waals surface area contributed by atoms with Gasteiger partial charge in [-0.1, -0.05) is 0 Å². The fraction of sp³-hybridized carbons (Fsp3) is 0.800. The van der Waals surface area contributed by atoms with Crippen LogP contribution in [0.2, 0.25) is 0 Å². The van der Waals surface area contributed by atoms with Crippen molar-refractivity contribution in [2.75, 3.05) is 14.2 Å². The van der Waals surface area contributed by atoms with Crippen LogP contribution in [0, 0.1) is 0 Å². The molecule has 0 aromatic rings. The number of carboxylic acids is 1. The molecule has 0 bridgehead atoms. The lowest BCUT2D eigenvalue weighted by molar-refractivity contribution is -0.176. The minimum Gasteiger partial charge on any atom is -0.479 e. The molecular formula is C10H15F2NO4. The van der Waals surface area contributed by atoms with E-state index in [1.165, 1.54) is 14.2 Å². The lowest BCUT2D eigenvalue weighted by Gasteiger charge is -2.14. The highest BCUT2D eigenvalue weighted by molar-refractivity contribution is 5.86. The molecule has 2 rings (SSSR count). The van der Waals surface area contributed by atoms with E-state index in [0.29, 0.717) is 12.8 Å². The van der Waals surface area contributed by atoms with Crippen molar-refractivity contribution >= 4 is 11.9 Å². The second-order valence-corrected chi connectivity index (χ2v) is 4.22. The number of alkyl halides is 2. The zero-order valence-corrected chi connectivity index (χ0v) is 9.70. The Kier molecular flexibility index (Phi) is 3.71. The molecule has 2 aliphatic rings. The lowest BCUT2D eigenvalue weighted by atomic mass is 10.3. The van der Waals surface area contributed by atoms with Gasteiger partial charge >= 0.3 is 5.97 Å². The molecule has 0 spiro atoms. The average molecular weight is 251 g/mol. The normalized spacial score (nSPS) is 21.9. The largest absolute Gasteiger partial charge is 0.479 e. The van der Waals surface area contributed by atoms with Gasteiger partial charge in [0, 0.05) is 7.05 Å². The first-order valence-corrected chi connectivity index (χ1v) is 5.19. The van der Waals surface area contributed by atoms with Gasteiger partial charge in [-0.3, -0.25) is 9.63 Å². The summed E-state index contributed by atoms with van der Waals surface area (Å²) in [6, 6.07) is 0. The molecule has 1 amide bonds. The highest BCUT2D eigenvalue weighted by Crippen LogP contribution is 2.41. The Hall–Kier alpha value is -1.24. The summed E-state index contributed by atoms with van der Waals surface area (Å²) >= 11 is 0.